The summed E-state index contributed by atoms with van der Waals surface area (Å²) in [5, 5.41) is 20.9. The van der Waals surface area contributed by atoms with Crippen molar-refractivity contribution >= 4 is 33.6 Å². The summed E-state index contributed by atoms with van der Waals surface area (Å²) in [7, 11) is 0. The lowest BCUT2D eigenvalue weighted by molar-refractivity contribution is -0.139. The van der Waals surface area contributed by atoms with Crippen LogP contribution in [0.3, 0.4) is 0 Å². The predicted octanol–water partition coefficient (Wildman–Crippen LogP) is 2.69. The molecule has 1 heterocycles. The Kier molecular flexibility index (Phi) is 5.04. The lowest BCUT2D eigenvalue weighted by atomic mass is 10.1. The highest BCUT2D eigenvalue weighted by atomic mass is 32.1. The molecule has 0 radical (unpaired) electrons. The molecule has 2 rings (SSSR count). The number of thiazole rings is 1. The van der Waals surface area contributed by atoms with Crippen LogP contribution in [-0.2, 0) is 16.0 Å². The van der Waals surface area contributed by atoms with Crippen molar-refractivity contribution in [2.75, 3.05) is 0 Å². The van der Waals surface area contributed by atoms with E-state index in [0.717, 1.165) is 10.3 Å². The summed E-state index contributed by atoms with van der Waals surface area (Å²) in [5.41, 5.74) is 0.703. The number of nitrogens with zero attached hydrogens (tertiary/aromatic N) is 2. The van der Waals surface area contributed by atoms with Gasteiger partial charge in [-0.3, -0.25) is 0 Å². The summed E-state index contributed by atoms with van der Waals surface area (Å²) >= 11 is 1.24. The molecular formula is C16H17N3O4S. The molecule has 0 saturated carbocycles. The van der Waals surface area contributed by atoms with E-state index in [-0.39, 0.29) is 6.42 Å². The molecule has 8 heteroatoms. The second kappa shape index (κ2) is 6.84. The Morgan fingerprint density at radius 2 is 2.17 bits per heavy atom. The van der Waals surface area contributed by atoms with E-state index in [1.165, 1.54) is 11.3 Å². The van der Waals surface area contributed by atoms with E-state index in [9.17, 15) is 14.7 Å². The molecule has 1 atom stereocenters. The fourth-order valence-corrected chi connectivity index (χ4v) is 2.86. The average molecular weight is 347 g/mol. The number of nitriles is 1. The monoisotopic (exact) mass is 347 g/mol. The minimum atomic E-state index is -1.15. The molecule has 0 fully saturated rings. The SMILES string of the molecule is CC(C)(C)OC(=O)N[C@@H](Cc1ccc2nc(C#N)sc2c1)C(=O)O. The third-order valence-electron chi connectivity index (χ3n) is 2.98. The number of aliphatic carboxylic acids is 1. The van der Waals surface area contributed by atoms with Gasteiger partial charge in [0, 0.05) is 6.42 Å². The number of benzene rings is 1. The van der Waals surface area contributed by atoms with E-state index in [2.05, 4.69) is 10.3 Å². The molecule has 0 bridgehead atoms. The largest absolute Gasteiger partial charge is 0.480 e. The van der Waals surface area contributed by atoms with Crippen LogP contribution >= 0.6 is 11.3 Å². The molecule has 0 spiro atoms. The van der Waals surface area contributed by atoms with Gasteiger partial charge in [0.1, 0.15) is 17.7 Å². The van der Waals surface area contributed by atoms with Gasteiger partial charge in [-0.2, -0.15) is 5.26 Å². The number of ether oxygens (including phenoxy) is 1. The first kappa shape index (κ1) is 17.7. The lowest BCUT2D eigenvalue weighted by Gasteiger charge is -2.22. The second-order valence-electron chi connectivity index (χ2n) is 6.17. The lowest BCUT2D eigenvalue weighted by Crippen LogP contribution is -2.44. The van der Waals surface area contributed by atoms with Crippen LogP contribution in [0.4, 0.5) is 4.79 Å². The maximum atomic E-state index is 11.8. The molecule has 24 heavy (non-hydrogen) atoms. The highest BCUT2D eigenvalue weighted by Gasteiger charge is 2.24. The van der Waals surface area contributed by atoms with Crippen LogP contribution < -0.4 is 5.32 Å². The van der Waals surface area contributed by atoms with Crippen molar-refractivity contribution in [3.63, 3.8) is 0 Å². The van der Waals surface area contributed by atoms with E-state index in [1.54, 1.807) is 39.0 Å². The van der Waals surface area contributed by atoms with Gasteiger partial charge >= 0.3 is 12.1 Å². The molecule has 1 amide bonds. The standard InChI is InChI=1S/C16H17N3O4S/c1-16(2,3)23-15(22)19-11(14(20)21)6-9-4-5-10-12(7-9)24-13(8-17)18-10/h4-5,7,11H,6H2,1-3H3,(H,19,22)(H,20,21)/t11-/m0/s1. The Labute approximate surface area is 142 Å². The summed E-state index contributed by atoms with van der Waals surface area (Å²) in [4.78, 5) is 27.3. The minimum absolute atomic E-state index is 0.101. The van der Waals surface area contributed by atoms with Crippen LogP contribution in [0.2, 0.25) is 0 Å². The first-order valence-electron chi connectivity index (χ1n) is 7.20. The minimum Gasteiger partial charge on any atom is -0.480 e. The molecule has 1 aromatic carbocycles. The normalized spacial score (nSPS) is 12.4. The number of rotatable bonds is 4. The van der Waals surface area contributed by atoms with Gasteiger partial charge in [-0.1, -0.05) is 6.07 Å². The van der Waals surface area contributed by atoms with Crippen LogP contribution in [-0.4, -0.2) is 33.8 Å². The molecule has 0 aliphatic rings. The molecule has 126 valence electrons. The molecule has 0 aliphatic heterocycles. The van der Waals surface area contributed by atoms with Crippen molar-refractivity contribution in [3.8, 4) is 6.07 Å². The molecule has 0 saturated heterocycles. The number of alkyl carbamates (subject to hydrolysis) is 1. The molecule has 0 unspecified atom stereocenters. The van der Waals surface area contributed by atoms with Crippen molar-refractivity contribution in [2.24, 2.45) is 0 Å². The van der Waals surface area contributed by atoms with Gasteiger partial charge in [-0.05, 0) is 38.5 Å². The van der Waals surface area contributed by atoms with E-state index in [0.29, 0.717) is 10.5 Å². The Balaban J connectivity index is 2.14. The Morgan fingerprint density at radius 3 is 2.75 bits per heavy atom. The maximum absolute atomic E-state index is 11.8. The predicted molar refractivity (Wildman–Crippen MR) is 88.8 cm³/mol. The zero-order chi connectivity index (χ0) is 17.9. The van der Waals surface area contributed by atoms with Crippen molar-refractivity contribution in [1.82, 2.24) is 10.3 Å². The number of hydrogen-bond donors (Lipinski definition) is 2. The maximum Gasteiger partial charge on any atom is 0.408 e. The Morgan fingerprint density at radius 1 is 1.46 bits per heavy atom. The summed E-state index contributed by atoms with van der Waals surface area (Å²) < 4.78 is 5.88. The van der Waals surface area contributed by atoms with Gasteiger partial charge in [0.05, 0.1) is 10.2 Å². The Bertz CT molecular complexity index is 817. The first-order valence-corrected chi connectivity index (χ1v) is 8.01. The average Bonchev–Trinajstić information content (AvgIpc) is 2.86. The summed E-state index contributed by atoms with van der Waals surface area (Å²) in [6, 6.07) is 6.11. The summed E-state index contributed by atoms with van der Waals surface area (Å²) in [5.74, 6) is -1.15. The quantitative estimate of drug-likeness (QED) is 0.879. The highest BCUT2D eigenvalue weighted by molar-refractivity contribution is 7.19. The first-order chi connectivity index (χ1) is 11.2. The number of carbonyl (C=O) groups excluding carboxylic acids is 1. The summed E-state index contributed by atoms with van der Waals surface area (Å²) in [6.45, 7) is 5.10. The molecule has 7 nitrogen and oxygen atoms in total. The van der Waals surface area contributed by atoms with Crippen molar-refractivity contribution in [2.45, 2.75) is 38.8 Å². The van der Waals surface area contributed by atoms with Gasteiger partial charge in [0.2, 0.25) is 0 Å². The number of amides is 1. The zero-order valence-corrected chi connectivity index (χ0v) is 14.3. The smallest absolute Gasteiger partial charge is 0.408 e. The fraction of sp³-hybridized carbons (Fsp3) is 0.375. The van der Waals surface area contributed by atoms with E-state index >= 15 is 0 Å². The van der Waals surface area contributed by atoms with Gasteiger partial charge in [-0.25, -0.2) is 14.6 Å². The molecular weight excluding hydrogens is 330 g/mol. The van der Waals surface area contributed by atoms with E-state index in [4.69, 9.17) is 10.00 Å². The number of nitrogens with one attached hydrogen (secondary N) is 1. The molecule has 2 aromatic rings. The second-order valence-corrected chi connectivity index (χ2v) is 7.20. The zero-order valence-electron chi connectivity index (χ0n) is 13.5. The molecule has 0 aliphatic carbocycles. The number of aromatic nitrogens is 1. The molecule has 2 N–H and O–H groups in total. The number of carboxylic acids is 1. The van der Waals surface area contributed by atoms with Gasteiger partial charge in [0.25, 0.3) is 0 Å². The van der Waals surface area contributed by atoms with Crippen LogP contribution in [0.1, 0.15) is 31.3 Å². The van der Waals surface area contributed by atoms with E-state index in [1.807, 2.05) is 6.07 Å². The third-order valence-corrected chi connectivity index (χ3v) is 3.90. The topological polar surface area (TPSA) is 112 Å². The number of carboxylic acid groups (broad SMARTS) is 1. The number of fused-ring (bicyclic) bond motifs is 1. The van der Waals surface area contributed by atoms with Crippen LogP contribution in [0.25, 0.3) is 10.2 Å². The van der Waals surface area contributed by atoms with Crippen LogP contribution in [0.5, 0.6) is 0 Å². The van der Waals surface area contributed by atoms with Crippen molar-refractivity contribution < 1.29 is 19.4 Å². The van der Waals surface area contributed by atoms with Gasteiger partial charge < -0.3 is 15.2 Å². The van der Waals surface area contributed by atoms with Crippen LogP contribution in [0, 0.1) is 11.3 Å². The molecule has 1 aromatic heterocycles. The number of hydrogen-bond acceptors (Lipinski definition) is 6. The summed E-state index contributed by atoms with van der Waals surface area (Å²) in [6.07, 6.45) is -0.676. The van der Waals surface area contributed by atoms with E-state index < -0.39 is 23.7 Å². The van der Waals surface area contributed by atoms with Crippen molar-refractivity contribution in [3.05, 3.63) is 28.8 Å². The third kappa shape index (κ3) is 4.67. The highest BCUT2D eigenvalue weighted by Crippen LogP contribution is 2.23. The van der Waals surface area contributed by atoms with Gasteiger partial charge in [0.15, 0.2) is 5.01 Å². The number of carbonyl (C=O) groups is 2. The Hall–Kier alpha value is -2.66. The van der Waals surface area contributed by atoms with Gasteiger partial charge in [-0.15, -0.1) is 11.3 Å². The fourth-order valence-electron chi connectivity index (χ4n) is 2.03. The van der Waals surface area contributed by atoms with Crippen LogP contribution in [0.15, 0.2) is 18.2 Å². The van der Waals surface area contributed by atoms with Crippen molar-refractivity contribution in [1.29, 1.82) is 5.26 Å².